The van der Waals surface area contributed by atoms with E-state index in [2.05, 4.69) is 0 Å². The maximum Gasteiger partial charge on any atom is 0.432 e. The fraction of sp³-hybridized carbons (Fsp3) is 0.429. The second-order valence-electron chi connectivity index (χ2n) is 4.61. The van der Waals surface area contributed by atoms with Crippen LogP contribution in [0.4, 0.5) is 13.2 Å². The molecule has 1 aliphatic heterocycles. The molecule has 0 saturated carbocycles. The largest absolute Gasteiger partial charge is 0.491 e. The van der Waals surface area contributed by atoms with Crippen LogP contribution in [0.15, 0.2) is 6.08 Å². The van der Waals surface area contributed by atoms with Crippen LogP contribution in [0.3, 0.4) is 0 Å². The Kier molecular flexibility index (Phi) is 4.46. The number of ether oxygens (including phenoxy) is 3. The Hall–Kier alpha value is -1.27. The molecule has 0 bridgehead atoms. The minimum atomic E-state index is -4.60. The molecule has 0 saturated heterocycles. The molecular weight excluding hydrogens is 344 g/mol. The number of alkyl halides is 3. The molecule has 1 unspecified atom stereocenters. The molecule has 0 radical (unpaired) electrons. The van der Waals surface area contributed by atoms with Gasteiger partial charge in [0.15, 0.2) is 17.2 Å². The van der Waals surface area contributed by atoms with Crippen molar-refractivity contribution in [3.8, 4) is 17.2 Å². The number of hydrogen-bond donors (Lipinski definition) is 0. The molecule has 1 aliphatic rings. The summed E-state index contributed by atoms with van der Waals surface area (Å²) in [5.41, 5.74) is -2.23. The third-order valence-corrected chi connectivity index (χ3v) is 4.22. The maximum absolute atomic E-state index is 13.3. The first kappa shape index (κ1) is 17.1. The molecule has 122 valence electrons. The molecule has 0 spiro atoms. The van der Waals surface area contributed by atoms with Gasteiger partial charge < -0.3 is 14.2 Å². The van der Waals surface area contributed by atoms with Crippen molar-refractivity contribution in [3.05, 3.63) is 21.7 Å². The van der Waals surface area contributed by atoms with Gasteiger partial charge >= 0.3 is 6.18 Å². The number of benzene rings is 1. The molecular formula is C14H13Cl2F3O3. The van der Waals surface area contributed by atoms with Gasteiger partial charge in [-0.3, -0.25) is 0 Å². The Balaban J connectivity index is 2.70. The molecule has 22 heavy (non-hydrogen) atoms. The van der Waals surface area contributed by atoms with Crippen LogP contribution in [0.2, 0.25) is 10.0 Å². The van der Waals surface area contributed by atoms with E-state index in [1.165, 1.54) is 27.2 Å². The SMILES string of the molecule is CCC1(C(F)(F)F)C=Cc2c(Cl)c(OC)c(OC)c(Cl)c2O1. The highest BCUT2D eigenvalue weighted by molar-refractivity contribution is 6.38. The predicted octanol–water partition coefficient (Wildman–Crippen LogP) is 5.13. The smallest absolute Gasteiger partial charge is 0.432 e. The lowest BCUT2D eigenvalue weighted by Gasteiger charge is -2.36. The van der Waals surface area contributed by atoms with E-state index in [0.29, 0.717) is 0 Å². The molecule has 1 aromatic carbocycles. The van der Waals surface area contributed by atoms with E-state index >= 15 is 0 Å². The van der Waals surface area contributed by atoms with Gasteiger partial charge in [-0.2, -0.15) is 13.2 Å². The predicted molar refractivity (Wildman–Crippen MR) is 78.3 cm³/mol. The van der Waals surface area contributed by atoms with E-state index in [0.717, 1.165) is 6.08 Å². The molecule has 0 aromatic heterocycles. The van der Waals surface area contributed by atoms with Crippen LogP contribution < -0.4 is 14.2 Å². The molecule has 1 atom stereocenters. The van der Waals surface area contributed by atoms with Crippen molar-refractivity contribution in [2.45, 2.75) is 25.1 Å². The van der Waals surface area contributed by atoms with Gasteiger partial charge in [0, 0.05) is 5.56 Å². The van der Waals surface area contributed by atoms with Crippen LogP contribution >= 0.6 is 23.2 Å². The standard InChI is InChI=1S/C14H13Cl2F3O3/c1-4-13(14(17,18)19)6-5-7-8(15)11(20-2)12(21-3)9(16)10(7)22-13/h5-6H,4H2,1-3H3. The van der Waals surface area contributed by atoms with Crippen LogP contribution in [-0.4, -0.2) is 26.0 Å². The Morgan fingerprint density at radius 3 is 2.14 bits per heavy atom. The average Bonchev–Trinajstić information content (AvgIpc) is 2.48. The number of methoxy groups -OCH3 is 2. The van der Waals surface area contributed by atoms with Crippen molar-refractivity contribution in [2.75, 3.05) is 14.2 Å². The van der Waals surface area contributed by atoms with Gasteiger partial charge in [-0.25, -0.2) is 0 Å². The summed E-state index contributed by atoms with van der Waals surface area (Å²) < 4.78 is 55.4. The summed E-state index contributed by atoms with van der Waals surface area (Å²) in [5.74, 6) is -0.0152. The van der Waals surface area contributed by atoms with E-state index in [9.17, 15) is 13.2 Å². The highest BCUT2D eigenvalue weighted by Crippen LogP contribution is 2.54. The number of rotatable bonds is 3. The first-order valence-electron chi connectivity index (χ1n) is 6.30. The van der Waals surface area contributed by atoms with Crippen LogP contribution in [0, 0.1) is 0 Å². The summed E-state index contributed by atoms with van der Waals surface area (Å²) in [6.07, 6.45) is -2.73. The Bertz CT molecular complexity index is 629. The minimum Gasteiger partial charge on any atom is -0.491 e. The van der Waals surface area contributed by atoms with E-state index in [-0.39, 0.29) is 39.3 Å². The third kappa shape index (κ3) is 2.38. The van der Waals surface area contributed by atoms with Gasteiger partial charge in [0.25, 0.3) is 0 Å². The first-order chi connectivity index (χ1) is 10.2. The second-order valence-corrected chi connectivity index (χ2v) is 5.37. The van der Waals surface area contributed by atoms with Gasteiger partial charge in [0.2, 0.25) is 5.60 Å². The Morgan fingerprint density at radius 2 is 1.68 bits per heavy atom. The molecule has 2 rings (SSSR count). The normalized spacial score (nSPS) is 20.4. The van der Waals surface area contributed by atoms with Crippen molar-refractivity contribution >= 4 is 29.3 Å². The monoisotopic (exact) mass is 356 g/mol. The fourth-order valence-electron chi connectivity index (χ4n) is 2.23. The summed E-state index contributed by atoms with van der Waals surface area (Å²) in [6.45, 7) is 1.37. The summed E-state index contributed by atoms with van der Waals surface area (Å²) in [4.78, 5) is 0. The molecule has 0 N–H and O–H groups in total. The molecule has 0 aliphatic carbocycles. The summed E-state index contributed by atoms with van der Waals surface area (Å²) in [5, 5.41) is -0.0490. The topological polar surface area (TPSA) is 27.7 Å². The highest BCUT2D eigenvalue weighted by Gasteiger charge is 2.56. The Morgan fingerprint density at radius 1 is 1.14 bits per heavy atom. The van der Waals surface area contributed by atoms with Crippen LogP contribution in [0.1, 0.15) is 18.9 Å². The van der Waals surface area contributed by atoms with Gasteiger partial charge in [0.05, 0.1) is 19.2 Å². The van der Waals surface area contributed by atoms with Crippen LogP contribution in [-0.2, 0) is 0 Å². The summed E-state index contributed by atoms with van der Waals surface area (Å²) >= 11 is 12.3. The molecule has 0 amide bonds. The van der Waals surface area contributed by atoms with Crippen molar-refractivity contribution in [2.24, 2.45) is 0 Å². The molecule has 3 nitrogen and oxygen atoms in total. The maximum atomic E-state index is 13.3. The van der Waals surface area contributed by atoms with Crippen molar-refractivity contribution < 1.29 is 27.4 Å². The van der Waals surface area contributed by atoms with E-state index in [1.807, 2.05) is 0 Å². The van der Waals surface area contributed by atoms with Crippen LogP contribution in [0.25, 0.3) is 6.08 Å². The minimum absolute atomic E-state index is 0.0235. The van der Waals surface area contributed by atoms with Crippen molar-refractivity contribution in [3.63, 3.8) is 0 Å². The number of fused-ring (bicyclic) bond motifs is 1. The third-order valence-electron chi connectivity index (χ3n) is 3.50. The Labute approximate surface area is 135 Å². The second kappa shape index (κ2) is 5.74. The molecule has 1 aromatic rings. The molecule has 0 fully saturated rings. The van der Waals surface area contributed by atoms with Gasteiger partial charge in [-0.05, 0) is 18.6 Å². The quantitative estimate of drug-likeness (QED) is 0.751. The van der Waals surface area contributed by atoms with Crippen LogP contribution in [0.5, 0.6) is 17.2 Å². The van der Waals surface area contributed by atoms with E-state index < -0.39 is 11.8 Å². The molecule has 1 heterocycles. The van der Waals surface area contributed by atoms with E-state index in [1.54, 1.807) is 0 Å². The van der Waals surface area contributed by atoms with Gasteiger partial charge in [0.1, 0.15) is 5.02 Å². The first-order valence-corrected chi connectivity index (χ1v) is 7.06. The average molecular weight is 357 g/mol. The lowest BCUT2D eigenvalue weighted by molar-refractivity contribution is -0.230. The van der Waals surface area contributed by atoms with Gasteiger partial charge in [-0.1, -0.05) is 30.1 Å². The number of hydrogen-bond acceptors (Lipinski definition) is 3. The van der Waals surface area contributed by atoms with Crippen molar-refractivity contribution in [1.29, 1.82) is 0 Å². The van der Waals surface area contributed by atoms with Gasteiger partial charge in [-0.15, -0.1) is 0 Å². The lowest BCUT2D eigenvalue weighted by Crippen LogP contribution is -2.49. The highest BCUT2D eigenvalue weighted by atomic mass is 35.5. The van der Waals surface area contributed by atoms with E-state index in [4.69, 9.17) is 37.4 Å². The fourth-order valence-corrected chi connectivity index (χ4v) is 2.85. The lowest BCUT2D eigenvalue weighted by atomic mass is 9.94. The number of halogens is 5. The molecule has 8 heteroatoms. The summed E-state index contributed by atoms with van der Waals surface area (Å²) in [6, 6.07) is 0. The zero-order valence-corrected chi connectivity index (χ0v) is 13.5. The summed E-state index contributed by atoms with van der Waals surface area (Å²) in [7, 11) is 2.66. The zero-order valence-electron chi connectivity index (χ0n) is 12.0. The van der Waals surface area contributed by atoms with Crippen molar-refractivity contribution in [1.82, 2.24) is 0 Å². The zero-order chi connectivity index (χ0) is 16.7.